The van der Waals surface area contributed by atoms with Gasteiger partial charge in [-0.05, 0) is 31.7 Å². The first kappa shape index (κ1) is 15.4. The van der Waals surface area contributed by atoms with E-state index in [1.54, 1.807) is 7.11 Å². The molecular formula is C11H16Cl2NO2-. The van der Waals surface area contributed by atoms with E-state index in [0.717, 1.165) is 12.1 Å². The average Bonchev–Trinajstić information content (AvgIpc) is 2.22. The number of benzene rings is 1. The van der Waals surface area contributed by atoms with Crippen LogP contribution < -0.4 is 27.2 Å². The summed E-state index contributed by atoms with van der Waals surface area (Å²) in [6.07, 6.45) is 0. The van der Waals surface area contributed by atoms with Gasteiger partial charge in [0.2, 0.25) is 0 Å². The molecule has 0 aliphatic carbocycles. The van der Waals surface area contributed by atoms with Crippen molar-refractivity contribution in [3.8, 4) is 11.5 Å². The summed E-state index contributed by atoms with van der Waals surface area (Å²) in [4.78, 5) is 0. The van der Waals surface area contributed by atoms with Crippen LogP contribution in [0.2, 0.25) is 5.02 Å². The Balaban J connectivity index is 0.00000225. The fraction of sp³-hybridized carbons (Fsp3) is 0.455. The smallest absolute Gasteiger partial charge is 0.179 e. The van der Waals surface area contributed by atoms with Gasteiger partial charge in [0.1, 0.15) is 0 Å². The molecular weight excluding hydrogens is 249 g/mol. The standard InChI is InChI=1S/C11H16ClNO2.ClH/c1-4-15-11-9(12)5-8(7-13-2)6-10(11)14-3;/h5-6,13H,4,7H2,1-3H3;1H/p-1. The molecule has 0 unspecified atom stereocenters. The van der Waals surface area contributed by atoms with Crippen LogP contribution >= 0.6 is 11.6 Å². The van der Waals surface area contributed by atoms with E-state index < -0.39 is 0 Å². The van der Waals surface area contributed by atoms with Gasteiger partial charge in [0, 0.05) is 6.54 Å². The normalized spacial score (nSPS) is 9.50. The topological polar surface area (TPSA) is 30.5 Å². The van der Waals surface area contributed by atoms with Crippen molar-refractivity contribution in [2.45, 2.75) is 13.5 Å². The fourth-order valence-electron chi connectivity index (χ4n) is 1.36. The lowest BCUT2D eigenvalue weighted by molar-refractivity contribution is -0.00000384. The Bertz CT molecular complexity index is 332. The molecule has 0 saturated heterocycles. The number of hydrogen-bond donors (Lipinski definition) is 1. The lowest BCUT2D eigenvalue weighted by Gasteiger charge is -2.12. The van der Waals surface area contributed by atoms with Gasteiger partial charge in [-0.15, -0.1) is 0 Å². The molecule has 0 heterocycles. The molecule has 0 aliphatic heterocycles. The van der Waals surface area contributed by atoms with Crippen molar-refractivity contribution >= 4 is 11.6 Å². The van der Waals surface area contributed by atoms with Gasteiger partial charge in [-0.1, -0.05) is 11.6 Å². The third-order valence-corrected chi connectivity index (χ3v) is 2.24. The molecule has 1 N–H and O–H groups in total. The van der Waals surface area contributed by atoms with Crippen molar-refractivity contribution in [2.75, 3.05) is 20.8 Å². The summed E-state index contributed by atoms with van der Waals surface area (Å²) in [6.45, 7) is 3.24. The van der Waals surface area contributed by atoms with Gasteiger partial charge in [-0.2, -0.15) is 0 Å². The Morgan fingerprint density at radius 2 is 2.06 bits per heavy atom. The van der Waals surface area contributed by atoms with Crippen LogP contribution in [0.15, 0.2) is 12.1 Å². The molecule has 3 nitrogen and oxygen atoms in total. The van der Waals surface area contributed by atoms with Gasteiger partial charge in [0.25, 0.3) is 0 Å². The summed E-state index contributed by atoms with van der Waals surface area (Å²) in [5, 5.41) is 3.64. The molecule has 5 heteroatoms. The van der Waals surface area contributed by atoms with Crippen molar-refractivity contribution in [1.29, 1.82) is 0 Å². The van der Waals surface area contributed by atoms with Crippen LogP contribution in [0.3, 0.4) is 0 Å². The number of ether oxygens (including phenoxy) is 2. The molecule has 0 bridgehead atoms. The van der Waals surface area contributed by atoms with Crippen LogP contribution in [0.5, 0.6) is 11.5 Å². The minimum Gasteiger partial charge on any atom is -1.00 e. The molecule has 0 amide bonds. The maximum atomic E-state index is 6.10. The lowest BCUT2D eigenvalue weighted by Crippen LogP contribution is -3.00. The van der Waals surface area contributed by atoms with Crippen molar-refractivity contribution in [1.82, 2.24) is 5.32 Å². The van der Waals surface area contributed by atoms with Gasteiger partial charge in [-0.25, -0.2) is 0 Å². The molecule has 0 aliphatic rings. The predicted octanol–water partition coefficient (Wildman–Crippen LogP) is -0.529. The Morgan fingerprint density at radius 3 is 2.56 bits per heavy atom. The minimum absolute atomic E-state index is 0. The highest BCUT2D eigenvalue weighted by atomic mass is 35.5. The van der Waals surface area contributed by atoms with E-state index in [0.29, 0.717) is 23.1 Å². The van der Waals surface area contributed by atoms with E-state index in [1.165, 1.54) is 0 Å². The molecule has 0 radical (unpaired) electrons. The fourth-order valence-corrected chi connectivity index (χ4v) is 1.65. The summed E-state index contributed by atoms with van der Waals surface area (Å²) in [7, 11) is 3.49. The Hall–Kier alpha value is -0.640. The van der Waals surface area contributed by atoms with Gasteiger partial charge >= 0.3 is 0 Å². The molecule has 1 rings (SSSR count). The quantitative estimate of drug-likeness (QED) is 0.776. The van der Waals surface area contributed by atoms with E-state index in [4.69, 9.17) is 21.1 Å². The van der Waals surface area contributed by atoms with Gasteiger partial charge in [0.05, 0.1) is 18.7 Å². The summed E-state index contributed by atoms with van der Waals surface area (Å²) in [6, 6.07) is 3.80. The number of nitrogens with one attached hydrogen (secondary N) is 1. The molecule has 0 spiro atoms. The predicted molar refractivity (Wildman–Crippen MR) is 61.9 cm³/mol. The number of rotatable bonds is 5. The second kappa shape index (κ2) is 7.60. The van der Waals surface area contributed by atoms with Crippen LogP contribution in [-0.4, -0.2) is 20.8 Å². The molecule has 1 aromatic carbocycles. The van der Waals surface area contributed by atoms with Crippen molar-refractivity contribution < 1.29 is 21.9 Å². The molecule has 1 aromatic rings. The first-order valence-corrected chi connectivity index (χ1v) is 5.24. The second-order valence-electron chi connectivity index (χ2n) is 3.07. The first-order chi connectivity index (χ1) is 7.22. The minimum atomic E-state index is 0. The summed E-state index contributed by atoms with van der Waals surface area (Å²) >= 11 is 6.10. The first-order valence-electron chi connectivity index (χ1n) is 4.86. The molecule has 0 atom stereocenters. The highest BCUT2D eigenvalue weighted by molar-refractivity contribution is 6.32. The Kier molecular flexibility index (Phi) is 7.30. The van der Waals surface area contributed by atoms with E-state index in [2.05, 4.69) is 5.32 Å². The van der Waals surface area contributed by atoms with E-state index >= 15 is 0 Å². The zero-order valence-electron chi connectivity index (χ0n) is 9.64. The third-order valence-electron chi connectivity index (χ3n) is 1.96. The van der Waals surface area contributed by atoms with Gasteiger partial charge in [-0.3, -0.25) is 0 Å². The van der Waals surface area contributed by atoms with Crippen LogP contribution in [0.4, 0.5) is 0 Å². The van der Waals surface area contributed by atoms with Gasteiger partial charge < -0.3 is 27.2 Å². The van der Waals surface area contributed by atoms with Crippen molar-refractivity contribution in [3.05, 3.63) is 22.7 Å². The maximum Gasteiger partial charge on any atom is 0.179 e. The Morgan fingerprint density at radius 1 is 1.38 bits per heavy atom. The van der Waals surface area contributed by atoms with Crippen LogP contribution in [-0.2, 0) is 6.54 Å². The maximum absolute atomic E-state index is 6.10. The monoisotopic (exact) mass is 264 g/mol. The molecule has 16 heavy (non-hydrogen) atoms. The van der Waals surface area contributed by atoms with E-state index in [9.17, 15) is 0 Å². The average molecular weight is 265 g/mol. The van der Waals surface area contributed by atoms with Crippen molar-refractivity contribution in [3.63, 3.8) is 0 Å². The van der Waals surface area contributed by atoms with E-state index in [-0.39, 0.29) is 12.4 Å². The highest BCUT2D eigenvalue weighted by Gasteiger charge is 2.10. The SMILES string of the molecule is CCOc1c(Cl)cc(CNC)cc1OC.[Cl-]. The zero-order valence-corrected chi connectivity index (χ0v) is 11.2. The lowest BCUT2D eigenvalue weighted by atomic mass is 10.2. The van der Waals surface area contributed by atoms with Crippen molar-refractivity contribution in [2.24, 2.45) is 0 Å². The summed E-state index contributed by atoms with van der Waals surface area (Å²) in [5.41, 5.74) is 1.07. The van der Waals surface area contributed by atoms with Crippen LogP contribution in [0.1, 0.15) is 12.5 Å². The second-order valence-corrected chi connectivity index (χ2v) is 3.48. The molecule has 92 valence electrons. The van der Waals surface area contributed by atoms with Gasteiger partial charge in [0.15, 0.2) is 11.5 Å². The molecule has 0 fully saturated rings. The number of halogens is 2. The van der Waals surface area contributed by atoms with E-state index in [1.807, 2.05) is 26.1 Å². The number of methoxy groups -OCH3 is 1. The molecule has 0 saturated carbocycles. The zero-order chi connectivity index (χ0) is 11.3. The largest absolute Gasteiger partial charge is 1.00 e. The van der Waals surface area contributed by atoms with Crippen LogP contribution in [0, 0.1) is 0 Å². The third kappa shape index (κ3) is 3.74. The summed E-state index contributed by atoms with van der Waals surface area (Å²) in [5.74, 6) is 1.29. The number of hydrogen-bond acceptors (Lipinski definition) is 3. The summed E-state index contributed by atoms with van der Waals surface area (Å²) < 4.78 is 10.6. The Labute approximate surface area is 107 Å². The molecule has 0 aromatic heterocycles. The van der Waals surface area contributed by atoms with Crippen LogP contribution in [0.25, 0.3) is 0 Å². The highest BCUT2D eigenvalue weighted by Crippen LogP contribution is 2.36.